The SMILES string of the molecule is Cc1ccc(CCNCC2(CO)COC2)o1. The van der Waals surface area contributed by atoms with Crippen LogP contribution in [0.25, 0.3) is 0 Å². The summed E-state index contributed by atoms with van der Waals surface area (Å²) >= 11 is 0. The number of aryl methyl sites for hydroxylation is 1. The molecular weight excluding hydrogens is 206 g/mol. The van der Waals surface area contributed by atoms with Crippen LogP contribution in [-0.4, -0.2) is 38.0 Å². The van der Waals surface area contributed by atoms with Crippen LogP contribution in [0.5, 0.6) is 0 Å². The Morgan fingerprint density at radius 3 is 2.75 bits per heavy atom. The van der Waals surface area contributed by atoms with Crippen LogP contribution < -0.4 is 5.32 Å². The lowest BCUT2D eigenvalue weighted by Crippen LogP contribution is -2.52. The van der Waals surface area contributed by atoms with Gasteiger partial charge in [0.15, 0.2) is 0 Å². The zero-order chi connectivity index (χ0) is 11.4. The minimum atomic E-state index is -0.0426. The molecule has 0 atom stereocenters. The van der Waals surface area contributed by atoms with Crippen molar-refractivity contribution in [3.05, 3.63) is 23.7 Å². The van der Waals surface area contributed by atoms with E-state index in [2.05, 4.69) is 5.32 Å². The van der Waals surface area contributed by atoms with E-state index in [4.69, 9.17) is 9.15 Å². The van der Waals surface area contributed by atoms with Crippen molar-refractivity contribution in [1.82, 2.24) is 5.32 Å². The van der Waals surface area contributed by atoms with E-state index in [0.717, 1.165) is 31.0 Å². The molecular formula is C12H19NO3. The summed E-state index contributed by atoms with van der Waals surface area (Å²) in [6, 6.07) is 3.98. The highest BCUT2D eigenvalue weighted by molar-refractivity contribution is 5.05. The van der Waals surface area contributed by atoms with E-state index in [1.165, 1.54) is 0 Å². The van der Waals surface area contributed by atoms with Gasteiger partial charge in [0.25, 0.3) is 0 Å². The van der Waals surface area contributed by atoms with Gasteiger partial charge in [0.1, 0.15) is 11.5 Å². The van der Waals surface area contributed by atoms with Gasteiger partial charge in [-0.25, -0.2) is 0 Å². The monoisotopic (exact) mass is 225 g/mol. The summed E-state index contributed by atoms with van der Waals surface area (Å²) in [5.74, 6) is 1.96. The van der Waals surface area contributed by atoms with E-state index in [0.29, 0.717) is 13.2 Å². The second kappa shape index (κ2) is 4.99. The molecule has 2 rings (SSSR count). The van der Waals surface area contributed by atoms with Crippen molar-refractivity contribution < 1.29 is 14.3 Å². The van der Waals surface area contributed by atoms with Crippen LogP contribution in [0.2, 0.25) is 0 Å². The third-order valence-electron chi connectivity index (χ3n) is 3.00. The van der Waals surface area contributed by atoms with Crippen molar-refractivity contribution in [2.45, 2.75) is 13.3 Å². The molecule has 0 aromatic carbocycles. The molecule has 2 N–H and O–H groups in total. The fraction of sp³-hybridized carbons (Fsp3) is 0.667. The van der Waals surface area contributed by atoms with Crippen LogP contribution in [0.1, 0.15) is 11.5 Å². The molecule has 0 saturated carbocycles. The minimum absolute atomic E-state index is 0.0426. The molecule has 0 amide bonds. The zero-order valence-corrected chi connectivity index (χ0v) is 9.66. The van der Waals surface area contributed by atoms with Gasteiger partial charge in [-0.15, -0.1) is 0 Å². The van der Waals surface area contributed by atoms with Crippen molar-refractivity contribution in [1.29, 1.82) is 0 Å². The standard InChI is InChI=1S/C12H19NO3/c1-10-2-3-11(16-10)4-5-13-6-12(7-14)8-15-9-12/h2-3,13-14H,4-9H2,1H3. The highest BCUT2D eigenvalue weighted by Gasteiger charge is 2.37. The summed E-state index contributed by atoms with van der Waals surface area (Å²) in [5.41, 5.74) is -0.0426. The van der Waals surface area contributed by atoms with Gasteiger partial charge in [-0.2, -0.15) is 0 Å². The molecule has 0 bridgehead atoms. The van der Waals surface area contributed by atoms with Crippen LogP contribution in [0.4, 0.5) is 0 Å². The Hall–Kier alpha value is -0.840. The normalized spacial score (nSPS) is 18.4. The first kappa shape index (κ1) is 11.6. The summed E-state index contributed by atoms with van der Waals surface area (Å²) < 4.78 is 10.6. The third kappa shape index (κ3) is 2.64. The molecule has 4 heteroatoms. The van der Waals surface area contributed by atoms with Crippen molar-refractivity contribution in [3.63, 3.8) is 0 Å². The van der Waals surface area contributed by atoms with Crippen LogP contribution in [0, 0.1) is 12.3 Å². The van der Waals surface area contributed by atoms with Gasteiger partial charge in [-0.05, 0) is 19.1 Å². The number of ether oxygens (including phenoxy) is 1. The molecule has 16 heavy (non-hydrogen) atoms. The van der Waals surface area contributed by atoms with Crippen LogP contribution in [0.3, 0.4) is 0 Å². The maximum Gasteiger partial charge on any atom is 0.105 e. The van der Waals surface area contributed by atoms with Crippen LogP contribution in [-0.2, 0) is 11.2 Å². The summed E-state index contributed by atoms with van der Waals surface area (Å²) in [4.78, 5) is 0. The first-order valence-corrected chi connectivity index (χ1v) is 5.69. The number of aliphatic hydroxyl groups excluding tert-OH is 1. The lowest BCUT2D eigenvalue weighted by Gasteiger charge is -2.40. The van der Waals surface area contributed by atoms with Gasteiger partial charge in [0, 0.05) is 19.5 Å². The fourth-order valence-electron chi connectivity index (χ4n) is 1.82. The van der Waals surface area contributed by atoms with Crippen molar-refractivity contribution in [2.24, 2.45) is 5.41 Å². The van der Waals surface area contributed by atoms with E-state index in [9.17, 15) is 5.11 Å². The van der Waals surface area contributed by atoms with Gasteiger partial charge < -0.3 is 19.6 Å². The van der Waals surface area contributed by atoms with Crippen molar-refractivity contribution in [2.75, 3.05) is 32.9 Å². The summed E-state index contributed by atoms with van der Waals surface area (Å²) in [6.07, 6.45) is 0.885. The predicted octanol–water partition coefficient (Wildman–Crippen LogP) is 0.729. The van der Waals surface area contributed by atoms with Crippen molar-refractivity contribution >= 4 is 0 Å². The van der Waals surface area contributed by atoms with Crippen LogP contribution in [0.15, 0.2) is 16.5 Å². The van der Waals surface area contributed by atoms with E-state index in [-0.39, 0.29) is 12.0 Å². The van der Waals surface area contributed by atoms with Crippen molar-refractivity contribution in [3.8, 4) is 0 Å². The average molecular weight is 225 g/mol. The number of rotatable bonds is 6. The molecule has 0 aliphatic carbocycles. The topological polar surface area (TPSA) is 54.6 Å². The molecule has 1 aliphatic rings. The van der Waals surface area contributed by atoms with E-state index in [1.54, 1.807) is 0 Å². The van der Waals surface area contributed by atoms with Gasteiger partial charge in [-0.1, -0.05) is 0 Å². The van der Waals surface area contributed by atoms with E-state index < -0.39 is 0 Å². The molecule has 90 valence electrons. The number of hydrogen-bond acceptors (Lipinski definition) is 4. The Bertz CT molecular complexity index is 325. The van der Waals surface area contributed by atoms with Gasteiger partial charge in [-0.3, -0.25) is 0 Å². The smallest absolute Gasteiger partial charge is 0.105 e. The fourth-order valence-corrected chi connectivity index (χ4v) is 1.82. The highest BCUT2D eigenvalue weighted by Crippen LogP contribution is 2.25. The Morgan fingerprint density at radius 1 is 1.44 bits per heavy atom. The van der Waals surface area contributed by atoms with Gasteiger partial charge in [0.05, 0.1) is 25.2 Å². The van der Waals surface area contributed by atoms with E-state index >= 15 is 0 Å². The maximum atomic E-state index is 9.22. The Morgan fingerprint density at radius 2 is 2.25 bits per heavy atom. The average Bonchev–Trinajstić information content (AvgIpc) is 2.62. The van der Waals surface area contributed by atoms with E-state index in [1.807, 2.05) is 19.1 Å². The van der Waals surface area contributed by atoms with Gasteiger partial charge in [0.2, 0.25) is 0 Å². The molecule has 2 heterocycles. The summed E-state index contributed by atoms with van der Waals surface area (Å²) in [7, 11) is 0. The predicted molar refractivity (Wildman–Crippen MR) is 60.4 cm³/mol. The summed E-state index contributed by atoms with van der Waals surface area (Å²) in [5, 5.41) is 12.6. The Labute approximate surface area is 95.6 Å². The lowest BCUT2D eigenvalue weighted by atomic mass is 9.87. The first-order chi connectivity index (χ1) is 7.74. The van der Waals surface area contributed by atoms with Crippen LogP contribution >= 0.6 is 0 Å². The number of nitrogens with one attached hydrogen (secondary N) is 1. The zero-order valence-electron chi connectivity index (χ0n) is 9.66. The molecule has 0 spiro atoms. The quantitative estimate of drug-likeness (QED) is 0.701. The summed E-state index contributed by atoms with van der Waals surface area (Å²) in [6.45, 7) is 5.15. The first-order valence-electron chi connectivity index (χ1n) is 5.69. The molecule has 1 fully saturated rings. The molecule has 1 aromatic heterocycles. The molecule has 1 aliphatic heterocycles. The maximum absolute atomic E-state index is 9.22. The third-order valence-corrected chi connectivity index (χ3v) is 3.00. The number of furan rings is 1. The largest absolute Gasteiger partial charge is 0.466 e. The second-order valence-corrected chi connectivity index (χ2v) is 4.59. The number of hydrogen-bond donors (Lipinski definition) is 2. The second-order valence-electron chi connectivity index (χ2n) is 4.59. The number of aliphatic hydroxyl groups is 1. The lowest BCUT2D eigenvalue weighted by molar-refractivity contribution is -0.134. The molecule has 0 unspecified atom stereocenters. The molecule has 1 saturated heterocycles. The molecule has 0 radical (unpaired) electrons. The molecule has 4 nitrogen and oxygen atoms in total. The van der Waals surface area contributed by atoms with Gasteiger partial charge >= 0.3 is 0 Å². The highest BCUT2D eigenvalue weighted by atomic mass is 16.5. The molecule has 1 aromatic rings. The minimum Gasteiger partial charge on any atom is -0.466 e. The Balaban J connectivity index is 1.65. The Kier molecular flexibility index (Phi) is 3.63.